The van der Waals surface area contributed by atoms with Gasteiger partial charge in [-0.3, -0.25) is 14.5 Å². The van der Waals surface area contributed by atoms with Gasteiger partial charge in [0.2, 0.25) is 5.91 Å². The lowest BCUT2D eigenvalue weighted by atomic mass is 10.00. The first-order valence-electron chi connectivity index (χ1n) is 17.1. The molecule has 1 fully saturated rings. The van der Waals surface area contributed by atoms with Crippen LogP contribution in [0.1, 0.15) is 100 Å². The number of aryl methyl sites for hydroxylation is 3. The van der Waals surface area contributed by atoms with E-state index in [-0.39, 0.29) is 17.9 Å². The molecule has 3 rings (SSSR count). The SMILES string of the molecule is CCC[N+](CC)(CCCCCCCCN1CCCCC1C(=O)Nc1c(C)cccc1C)CC(=O)Nc1c(C)ccc(Br)c1C. The summed E-state index contributed by atoms with van der Waals surface area (Å²) in [7, 11) is 0. The van der Waals surface area contributed by atoms with Crippen molar-refractivity contribution in [3.05, 3.63) is 57.1 Å². The Hall–Kier alpha value is -2.22. The lowest BCUT2D eigenvalue weighted by Crippen LogP contribution is -2.53. The molecule has 2 amide bonds. The summed E-state index contributed by atoms with van der Waals surface area (Å²) in [5.74, 6) is 0.269. The van der Waals surface area contributed by atoms with Gasteiger partial charge in [-0.2, -0.15) is 0 Å². The maximum Gasteiger partial charge on any atom is 0.279 e. The molecular weight excluding hydrogens is 612 g/mol. The van der Waals surface area contributed by atoms with E-state index in [9.17, 15) is 9.59 Å². The Morgan fingerprint density at radius 2 is 1.50 bits per heavy atom. The molecular formula is C37H58BrN4O2+. The number of quaternary nitrogens is 1. The molecule has 1 aliphatic rings. The van der Waals surface area contributed by atoms with Gasteiger partial charge in [0, 0.05) is 15.8 Å². The molecule has 0 bridgehead atoms. The third-order valence-corrected chi connectivity index (χ3v) is 10.6. The molecule has 1 aliphatic heterocycles. The van der Waals surface area contributed by atoms with Crippen molar-refractivity contribution < 1.29 is 14.1 Å². The number of amides is 2. The molecule has 2 atom stereocenters. The molecule has 44 heavy (non-hydrogen) atoms. The van der Waals surface area contributed by atoms with Crippen LogP contribution in [0.4, 0.5) is 11.4 Å². The van der Waals surface area contributed by atoms with Crippen LogP contribution in [0.5, 0.6) is 0 Å². The van der Waals surface area contributed by atoms with Crippen LogP contribution in [0.15, 0.2) is 34.8 Å². The first kappa shape index (κ1) is 36.3. The number of anilines is 2. The van der Waals surface area contributed by atoms with Crippen LogP contribution in [-0.2, 0) is 9.59 Å². The summed E-state index contributed by atoms with van der Waals surface area (Å²) in [6.07, 6.45) is 11.5. The monoisotopic (exact) mass is 669 g/mol. The highest BCUT2D eigenvalue weighted by atomic mass is 79.9. The predicted octanol–water partition coefficient (Wildman–Crippen LogP) is 8.70. The Bertz CT molecular complexity index is 1210. The summed E-state index contributed by atoms with van der Waals surface area (Å²) < 4.78 is 1.88. The number of unbranched alkanes of at least 4 members (excludes halogenated alkanes) is 5. The van der Waals surface area contributed by atoms with Gasteiger partial charge in [-0.1, -0.05) is 72.8 Å². The van der Waals surface area contributed by atoms with Gasteiger partial charge in [-0.25, -0.2) is 0 Å². The topological polar surface area (TPSA) is 61.4 Å². The smallest absolute Gasteiger partial charge is 0.279 e. The Kier molecular flexibility index (Phi) is 14.9. The second kappa shape index (κ2) is 18.1. The van der Waals surface area contributed by atoms with E-state index in [2.05, 4.69) is 91.2 Å². The van der Waals surface area contributed by atoms with Crippen molar-refractivity contribution in [1.29, 1.82) is 0 Å². The normalized spacial score (nSPS) is 16.8. The van der Waals surface area contributed by atoms with Gasteiger partial charge >= 0.3 is 0 Å². The molecule has 0 aliphatic carbocycles. The third kappa shape index (κ3) is 10.4. The van der Waals surface area contributed by atoms with Crippen molar-refractivity contribution in [3.63, 3.8) is 0 Å². The third-order valence-electron chi connectivity index (χ3n) is 9.69. The highest BCUT2D eigenvalue weighted by molar-refractivity contribution is 9.10. The van der Waals surface area contributed by atoms with Crippen molar-refractivity contribution in [2.75, 3.05) is 49.9 Å². The van der Waals surface area contributed by atoms with Crippen LogP contribution in [0.25, 0.3) is 0 Å². The molecule has 244 valence electrons. The fourth-order valence-electron chi connectivity index (χ4n) is 6.91. The maximum atomic E-state index is 13.3. The van der Waals surface area contributed by atoms with Crippen molar-refractivity contribution in [3.8, 4) is 0 Å². The summed E-state index contributed by atoms with van der Waals surface area (Å²) in [6, 6.07) is 10.3. The first-order valence-corrected chi connectivity index (χ1v) is 17.9. The molecule has 2 unspecified atom stereocenters. The van der Waals surface area contributed by atoms with Crippen LogP contribution < -0.4 is 10.6 Å². The van der Waals surface area contributed by atoms with E-state index in [0.717, 1.165) is 107 Å². The van der Waals surface area contributed by atoms with E-state index >= 15 is 0 Å². The largest absolute Gasteiger partial charge is 0.324 e. The average Bonchev–Trinajstić information content (AvgIpc) is 3.00. The molecule has 2 aromatic carbocycles. The Morgan fingerprint density at radius 3 is 2.18 bits per heavy atom. The summed E-state index contributed by atoms with van der Waals surface area (Å²) >= 11 is 3.60. The molecule has 0 saturated carbocycles. The van der Waals surface area contributed by atoms with E-state index < -0.39 is 0 Å². The predicted molar refractivity (Wildman–Crippen MR) is 189 cm³/mol. The van der Waals surface area contributed by atoms with E-state index in [1.807, 2.05) is 12.1 Å². The molecule has 7 heteroatoms. The number of rotatable bonds is 17. The molecule has 6 nitrogen and oxygen atoms in total. The quantitative estimate of drug-likeness (QED) is 0.131. The lowest BCUT2D eigenvalue weighted by molar-refractivity contribution is -0.919. The van der Waals surface area contributed by atoms with Crippen LogP contribution in [-0.4, -0.2) is 66.5 Å². The number of carbonyl (C=O) groups is 2. The highest BCUT2D eigenvalue weighted by Crippen LogP contribution is 2.28. The fourth-order valence-corrected chi connectivity index (χ4v) is 7.24. The molecule has 2 N–H and O–H groups in total. The molecule has 1 saturated heterocycles. The van der Waals surface area contributed by atoms with Gasteiger partial charge in [-0.05, 0) is 115 Å². The number of hydrogen-bond acceptors (Lipinski definition) is 3. The zero-order chi connectivity index (χ0) is 32.1. The molecule has 1 heterocycles. The van der Waals surface area contributed by atoms with Gasteiger partial charge in [0.25, 0.3) is 5.91 Å². The second-order valence-electron chi connectivity index (χ2n) is 13.1. The number of halogens is 1. The highest BCUT2D eigenvalue weighted by Gasteiger charge is 2.29. The number of nitrogens with zero attached hydrogens (tertiary/aromatic N) is 2. The maximum absolute atomic E-state index is 13.3. The van der Waals surface area contributed by atoms with Crippen LogP contribution >= 0.6 is 15.9 Å². The number of nitrogens with one attached hydrogen (secondary N) is 2. The molecule has 0 aromatic heterocycles. The number of hydrogen-bond donors (Lipinski definition) is 2. The van der Waals surface area contributed by atoms with Gasteiger partial charge < -0.3 is 15.1 Å². The zero-order valence-electron chi connectivity index (χ0n) is 28.4. The summed E-state index contributed by atoms with van der Waals surface area (Å²) in [5.41, 5.74) is 6.34. The van der Waals surface area contributed by atoms with E-state index in [1.165, 1.54) is 32.1 Å². The Morgan fingerprint density at radius 1 is 0.841 bits per heavy atom. The van der Waals surface area contributed by atoms with Crippen molar-refractivity contribution >= 4 is 39.1 Å². The average molecular weight is 671 g/mol. The van der Waals surface area contributed by atoms with Crippen LogP contribution in [0.3, 0.4) is 0 Å². The summed E-state index contributed by atoms with van der Waals surface area (Å²) in [6.45, 7) is 18.3. The molecule has 2 aromatic rings. The van der Waals surface area contributed by atoms with Gasteiger partial charge in [0.1, 0.15) is 0 Å². The van der Waals surface area contributed by atoms with Gasteiger partial charge in [-0.15, -0.1) is 0 Å². The Balaban J connectivity index is 1.40. The number of para-hydroxylation sites is 1. The standard InChI is InChI=1S/C37H57BrN4O2/c1-7-25-42(8-2,27-34(43)39-36-30(5)21-22-32(38)31(36)6)26-16-12-10-9-11-14-23-41-24-15-13-20-33(41)37(44)40-35-28(3)18-17-19-29(35)4/h17-19,21-22,33H,7-16,20,23-27H2,1-6H3,(H-,39,40,43,44)/p+1. The molecule has 0 spiro atoms. The molecule has 0 radical (unpaired) electrons. The van der Waals surface area contributed by atoms with Crippen LogP contribution in [0.2, 0.25) is 0 Å². The Labute approximate surface area is 276 Å². The summed E-state index contributed by atoms with van der Waals surface area (Å²) in [4.78, 5) is 28.9. The van der Waals surface area contributed by atoms with E-state index in [1.54, 1.807) is 0 Å². The zero-order valence-corrected chi connectivity index (χ0v) is 30.0. The number of likely N-dealkylation sites (tertiary alicyclic amines) is 1. The summed E-state index contributed by atoms with van der Waals surface area (Å²) in [5, 5.41) is 6.48. The minimum Gasteiger partial charge on any atom is -0.324 e. The van der Waals surface area contributed by atoms with Crippen molar-refractivity contribution in [2.24, 2.45) is 0 Å². The first-order chi connectivity index (χ1) is 21.1. The minimum absolute atomic E-state index is 0.0188. The minimum atomic E-state index is -0.0188. The van der Waals surface area contributed by atoms with E-state index in [4.69, 9.17) is 0 Å². The number of carbonyl (C=O) groups excluding carboxylic acids is 2. The van der Waals surface area contributed by atoms with Gasteiger partial charge in [0.15, 0.2) is 6.54 Å². The fraction of sp³-hybridized carbons (Fsp3) is 0.622. The van der Waals surface area contributed by atoms with Crippen molar-refractivity contribution in [2.45, 2.75) is 112 Å². The van der Waals surface area contributed by atoms with E-state index in [0.29, 0.717) is 6.54 Å². The number of benzene rings is 2. The number of piperidine rings is 1. The van der Waals surface area contributed by atoms with Crippen molar-refractivity contribution in [1.82, 2.24) is 4.90 Å². The second-order valence-corrected chi connectivity index (χ2v) is 14.0. The lowest BCUT2D eigenvalue weighted by Gasteiger charge is -2.37. The van der Waals surface area contributed by atoms with Gasteiger partial charge in [0.05, 0.1) is 25.7 Å². The van der Waals surface area contributed by atoms with Crippen LogP contribution in [0, 0.1) is 27.7 Å². The number of likely N-dealkylation sites (N-methyl/N-ethyl adjacent to an activating group) is 1.